The standard InChI is InChI=1S/C9H9F5N2O/c1-4-2-6(17-9(12,13)14)7(8(10)11)5(3-15)16-4/h2,8H,3,15H2,1H3. The van der Waals surface area contributed by atoms with Crippen molar-refractivity contribution in [1.82, 2.24) is 4.98 Å². The van der Waals surface area contributed by atoms with Gasteiger partial charge in [0, 0.05) is 18.3 Å². The van der Waals surface area contributed by atoms with Gasteiger partial charge in [-0.25, -0.2) is 8.78 Å². The number of ether oxygens (including phenoxy) is 1. The highest BCUT2D eigenvalue weighted by Gasteiger charge is 2.34. The fraction of sp³-hybridized carbons (Fsp3) is 0.444. The quantitative estimate of drug-likeness (QED) is 0.846. The molecule has 0 bridgehead atoms. The molecule has 0 aliphatic heterocycles. The molecule has 8 heteroatoms. The molecule has 0 radical (unpaired) electrons. The zero-order valence-electron chi connectivity index (χ0n) is 8.68. The number of alkyl halides is 5. The smallest absolute Gasteiger partial charge is 0.405 e. The van der Waals surface area contributed by atoms with Crippen LogP contribution in [0, 0.1) is 6.92 Å². The maximum Gasteiger partial charge on any atom is 0.573 e. The highest BCUT2D eigenvalue weighted by Crippen LogP contribution is 2.35. The first-order chi connectivity index (χ1) is 7.74. The van der Waals surface area contributed by atoms with Crippen molar-refractivity contribution in [2.45, 2.75) is 26.3 Å². The van der Waals surface area contributed by atoms with E-state index in [1.807, 2.05) is 0 Å². The molecular formula is C9H9F5N2O. The molecule has 0 spiro atoms. The first-order valence-electron chi connectivity index (χ1n) is 4.49. The molecule has 1 rings (SSSR count). The highest BCUT2D eigenvalue weighted by atomic mass is 19.4. The van der Waals surface area contributed by atoms with Crippen LogP contribution >= 0.6 is 0 Å². The lowest BCUT2D eigenvalue weighted by Crippen LogP contribution is -2.20. The van der Waals surface area contributed by atoms with Gasteiger partial charge in [-0.05, 0) is 6.92 Å². The predicted molar refractivity (Wildman–Crippen MR) is 48.5 cm³/mol. The van der Waals surface area contributed by atoms with Crippen molar-refractivity contribution in [3.63, 3.8) is 0 Å². The second kappa shape index (κ2) is 4.82. The van der Waals surface area contributed by atoms with E-state index >= 15 is 0 Å². The van der Waals surface area contributed by atoms with Crippen LogP contribution in [0.2, 0.25) is 0 Å². The molecule has 0 fully saturated rings. The minimum absolute atomic E-state index is 0.120. The largest absolute Gasteiger partial charge is 0.573 e. The van der Waals surface area contributed by atoms with E-state index in [9.17, 15) is 22.0 Å². The Kier molecular flexibility index (Phi) is 3.87. The third kappa shape index (κ3) is 3.52. The summed E-state index contributed by atoms with van der Waals surface area (Å²) in [5.74, 6) is -0.958. The monoisotopic (exact) mass is 256 g/mol. The molecule has 0 aromatic carbocycles. The van der Waals surface area contributed by atoms with Crippen molar-refractivity contribution < 1.29 is 26.7 Å². The van der Waals surface area contributed by atoms with Crippen molar-refractivity contribution in [2.75, 3.05) is 0 Å². The summed E-state index contributed by atoms with van der Waals surface area (Å²) in [6.45, 7) is 0.965. The van der Waals surface area contributed by atoms with Crippen molar-refractivity contribution >= 4 is 0 Å². The van der Waals surface area contributed by atoms with Gasteiger partial charge in [-0.2, -0.15) is 0 Å². The van der Waals surface area contributed by atoms with Gasteiger partial charge in [0.25, 0.3) is 6.43 Å². The van der Waals surface area contributed by atoms with E-state index in [-0.39, 0.29) is 11.4 Å². The summed E-state index contributed by atoms with van der Waals surface area (Å²) >= 11 is 0. The Balaban J connectivity index is 3.30. The van der Waals surface area contributed by atoms with Gasteiger partial charge in [-0.1, -0.05) is 0 Å². The number of nitrogens with zero attached hydrogens (tertiary/aromatic N) is 1. The highest BCUT2D eigenvalue weighted by molar-refractivity contribution is 5.39. The number of pyridine rings is 1. The van der Waals surface area contributed by atoms with E-state index < -0.39 is 30.6 Å². The van der Waals surface area contributed by atoms with Crippen molar-refractivity contribution in [3.05, 3.63) is 23.0 Å². The Hall–Kier alpha value is -1.44. The zero-order chi connectivity index (χ0) is 13.2. The first kappa shape index (κ1) is 13.6. The number of hydrogen-bond donors (Lipinski definition) is 1. The van der Waals surface area contributed by atoms with Crippen LogP contribution < -0.4 is 10.5 Å². The Labute approximate surface area is 93.4 Å². The van der Waals surface area contributed by atoms with E-state index in [4.69, 9.17) is 5.73 Å². The molecule has 0 saturated heterocycles. The van der Waals surface area contributed by atoms with E-state index in [0.717, 1.165) is 6.07 Å². The topological polar surface area (TPSA) is 48.1 Å². The van der Waals surface area contributed by atoms with Crippen LogP contribution in [0.1, 0.15) is 23.4 Å². The van der Waals surface area contributed by atoms with Gasteiger partial charge >= 0.3 is 6.36 Å². The molecule has 2 N–H and O–H groups in total. The summed E-state index contributed by atoms with van der Waals surface area (Å²) in [6, 6.07) is 0.800. The summed E-state index contributed by atoms with van der Waals surface area (Å²) < 4.78 is 64.9. The van der Waals surface area contributed by atoms with Crippen molar-refractivity contribution in [1.29, 1.82) is 0 Å². The fourth-order valence-corrected chi connectivity index (χ4v) is 1.31. The number of halogens is 5. The lowest BCUT2D eigenvalue weighted by atomic mass is 10.1. The molecule has 0 aliphatic carbocycles. The molecular weight excluding hydrogens is 247 g/mol. The van der Waals surface area contributed by atoms with Crippen LogP contribution in [0.5, 0.6) is 5.75 Å². The lowest BCUT2D eigenvalue weighted by molar-refractivity contribution is -0.275. The Bertz CT molecular complexity index is 405. The van der Waals surface area contributed by atoms with Crippen LogP contribution in [0.15, 0.2) is 6.07 Å². The third-order valence-electron chi connectivity index (χ3n) is 1.86. The maximum absolute atomic E-state index is 12.6. The van der Waals surface area contributed by atoms with Crippen molar-refractivity contribution in [2.24, 2.45) is 5.73 Å². The van der Waals surface area contributed by atoms with Crippen LogP contribution in [0.3, 0.4) is 0 Å². The average Bonchev–Trinajstić information content (AvgIpc) is 2.12. The van der Waals surface area contributed by atoms with Gasteiger partial charge in [0.15, 0.2) is 0 Å². The second-order valence-corrected chi connectivity index (χ2v) is 3.17. The van der Waals surface area contributed by atoms with Gasteiger partial charge in [-0.15, -0.1) is 13.2 Å². The fourth-order valence-electron chi connectivity index (χ4n) is 1.31. The summed E-state index contributed by atoms with van der Waals surface area (Å²) in [4.78, 5) is 3.65. The average molecular weight is 256 g/mol. The number of hydrogen-bond acceptors (Lipinski definition) is 3. The summed E-state index contributed by atoms with van der Waals surface area (Å²) in [5, 5.41) is 0. The molecule has 3 nitrogen and oxygen atoms in total. The predicted octanol–water partition coefficient (Wildman–Crippen LogP) is 2.68. The number of aromatic nitrogens is 1. The van der Waals surface area contributed by atoms with E-state index in [2.05, 4.69) is 9.72 Å². The first-order valence-corrected chi connectivity index (χ1v) is 4.49. The molecule has 0 aliphatic rings. The third-order valence-corrected chi connectivity index (χ3v) is 1.86. The van der Waals surface area contributed by atoms with E-state index in [1.165, 1.54) is 6.92 Å². The molecule has 0 amide bonds. The van der Waals surface area contributed by atoms with Gasteiger partial charge in [-0.3, -0.25) is 4.98 Å². The number of nitrogens with two attached hydrogens (primary N) is 1. The van der Waals surface area contributed by atoms with Gasteiger partial charge in [0.1, 0.15) is 5.75 Å². The van der Waals surface area contributed by atoms with Gasteiger partial charge in [0.05, 0.1) is 11.3 Å². The molecule has 0 atom stereocenters. The molecule has 1 aromatic rings. The zero-order valence-corrected chi connectivity index (χ0v) is 8.68. The molecule has 1 heterocycles. The molecule has 0 unspecified atom stereocenters. The normalized spacial score (nSPS) is 12.0. The lowest BCUT2D eigenvalue weighted by Gasteiger charge is -2.15. The molecule has 96 valence electrons. The minimum atomic E-state index is -5.04. The Morgan fingerprint density at radius 2 is 2.00 bits per heavy atom. The SMILES string of the molecule is Cc1cc(OC(F)(F)F)c(C(F)F)c(CN)n1. The van der Waals surface area contributed by atoms with Crippen LogP contribution in [-0.2, 0) is 6.54 Å². The van der Waals surface area contributed by atoms with Gasteiger partial charge < -0.3 is 10.5 Å². The van der Waals surface area contributed by atoms with Gasteiger partial charge in [0.2, 0.25) is 0 Å². The van der Waals surface area contributed by atoms with E-state index in [1.54, 1.807) is 0 Å². The summed E-state index contributed by atoms with van der Waals surface area (Å²) in [7, 11) is 0. The van der Waals surface area contributed by atoms with E-state index in [0.29, 0.717) is 0 Å². The van der Waals surface area contributed by atoms with Crippen LogP contribution in [0.4, 0.5) is 22.0 Å². The van der Waals surface area contributed by atoms with Crippen molar-refractivity contribution in [3.8, 4) is 5.75 Å². The summed E-state index contributed by atoms with van der Waals surface area (Å²) in [6.07, 6.45) is -8.18. The second-order valence-electron chi connectivity index (χ2n) is 3.17. The van der Waals surface area contributed by atoms with Crippen LogP contribution in [0.25, 0.3) is 0 Å². The summed E-state index contributed by atoms with van der Waals surface area (Å²) in [5.41, 5.74) is 4.05. The van der Waals surface area contributed by atoms with Crippen LogP contribution in [-0.4, -0.2) is 11.3 Å². The molecule has 17 heavy (non-hydrogen) atoms. The Morgan fingerprint density at radius 1 is 1.41 bits per heavy atom. The number of aryl methyl sites for hydroxylation is 1. The number of rotatable bonds is 3. The molecule has 0 saturated carbocycles. The molecule has 1 aromatic heterocycles. The minimum Gasteiger partial charge on any atom is -0.405 e. The maximum atomic E-state index is 12.6. The Morgan fingerprint density at radius 3 is 2.41 bits per heavy atom.